The van der Waals surface area contributed by atoms with Crippen LogP contribution in [0.5, 0.6) is 5.75 Å². The van der Waals surface area contributed by atoms with Gasteiger partial charge in [0.25, 0.3) is 0 Å². The van der Waals surface area contributed by atoms with Gasteiger partial charge in [-0.2, -0.15) is 0 Å². The summed E-state index contributed by atoms with van der Waals surface area (Å²) >= 11 is 0. The molecule has 0 aromatic heterocycles. The second kappa shape index (κ2) is 8.75. The fourth-order valence-corrected chi connectivity index (χ4v) is 6.49. The quantitative estimate of drug-likeness (QED) is 0.481. The maximum Gasteiger partial charge on any atom is 0.327 e. The maximum atomic E-state index is 13.5. The van der Waals surface area contributed by atoms with Gasteiger partial charge in [-0.15, -0.1) is 0 Å². The van der Waals surface area contributed by atoms with Gasteiger partial charge in [0.15, 0.2) is 0 Å². The predicted octanol–water partition coefficient (Wildman–Crippen LogP) is 3.57. The first-order valence-corrected chi connectivity index (χ1v) is 12.0. The van der Waals surface area contributed by atoms with Crippen molar-refractivity contribution in [1.82, 2.24) is 9.80 Å². The lowest BCUT2D eigenvalue weighted by Crippen LogP contribution is -2.59. The van der Waals surface area contributed by atoms with E-state index in [1.165, 1.54) is 24.1 Å². The maximum absolute atomic E-state index is 13.5. The topological polar surface area (TPSA) is 76.2 Å². The zero-order chi connectivity index (χ0) is 24.9. The molecule has 2 amide bonds. The number of methoxy groups -OCH3 is 2. The Morgan fingerprint density at radius 3 is 2.49 bits per heavy atom. The Kier molecular flexibility index (Phi) is 5.87. The number of amides is 2. The number of imide groups is 1. The van der Waals surface area contributed by atoms with Crippen molar-refractivity contribution >= 4 is 17.8 Å². The number of ether oxygens (including phenoxy) is 2. The Hall–Kier alpha value is -3.26. The van der Waals surface area contributed by atoms with Gasteiger partial charge in [0.1, 0.15) is 17.1 Å². The lowest BCUT2D eigenvalue weighted by Gasteiger charge is -2.44. The minimum absolute atomic E-state index is 0.244. The first-order valence-electron chi connectivity index (χ1n) is 12.0. The first-order chi connectivity index (χ1) is 16.9. The third kappa shape index (κ3) is 3.30. The molecule has 0 unspecified atom stereocenters. The van der Waals surface area contributed by atoms with Gasteiger partial charge in [0, 0.05) is 18.2 Å². The Morgan fingerprint density at radius 1 is 1.09 bits per heavy atom. The van der Waals surface area contributed by atoms with Crippen LogP contribution in [0.15, 0.2) is 42.5 Å². The number of carbonyl (C=O) groups is 3. The summed E-state index contributed by atoms with van der Waals surface area (Å²) in [6.07, 6.45) is 2.11. The fourth-order valence-electron chi connectivity index (χ4n) is 6.49. The number of hydrogen-bond acceptors (Lipinski definition) is 6. The van der Waals surface area contributed by atoms with E-state index in [0.29, 0.717) is 18.7 Å². The minimum Gasteiger partial charge on any atom is -0.496 e. The zero-order valence-electron chi connectivity index (χ0n) is 20.1. The number of nitrogens with zero attached hydrogens (tertiary/aromatic N) is 2. The average molecular weight is 481 g/mol. The largest absolute Gasteiger partial charge is 0.496 e. The highest BCUT2D eigenvalue weighted by Gasteiger charge is 2.72. The first kappa shape index (κ1) is 23.5. The Bertz CT molecular complexity index is 1180. The van der Waals surface area contributed by atoms with Crippen molar-refractivity contribution < 1.29 is 28.2 Å². The van der Waals surface area contributed by atoms with Gasteiger partial charge in [-0.25, -0.2) is 4.39 Å². The van der Waals surface area contributed by atoms with E-state index in [1.54, 1.807) is 26.2 Å². The van der Waals surface area contributed by atoms with E-state index in [2.05, 4.69) is 0 Å². The smallest absolute Gasteiger partial charge is 0.327 e. The number of halogens is 1. The molecule has 5 rings (SSSR count). The van der Waals surface area contributed by atoms with Gasteiger partial charge in [0.05, 0.1) is 26.1 Å². The average Bonchev–Trinajstić information content (AvgIpc) is 3.33. The van der Waals surface area contributed by atoms with Gasteiger partial charge >= 0.3 is 5.97 Å². The van der Waals surface area contributed by atoms with E-state index in [0.717, 1.165) is 29.5 Å². The molecule has 8 heteroatoms. The van der Waals surface area contributed by atoms with Crippen LogP contribution < -0.4 is 4.74 Å². The third-order valence-electron chi connectivity index (χ3n) is 7.93. The summed E-state index contributed by atoms with van der Waals surface area (Å²) in [7, 11) is 2.90. The SMILES string of the molecule is CCN1C(=O)[C@@H]2[C@@H](c3ccc(-c4ccc(F)cc4)c(OC)c3)N3CCCC[C@@]3(C(=O)OC)[C@@H]2C1=O. The number of rotatable bonds is 5. The Morgan fingerprint density at radius 2 is 1.83 bits per heavy atom. The van der Waals surface area contributed by atoms with Crippen LogP contribution in [0, 0.1) is 17.7 Å². The third-order valence-corrected chi connectivity index (χ3v) is 7.93. The molecular formula is C27H29FN2O5. The van der Waals surface area contributed by atoms with Gasteiger partial charge in [0.2, 0.25) is 11.8 Å². The zero-order valence-corrected chi connectivity index (χ0v) is 20.1. The number of hydrogen-bond donors (Lipinski definition) is 0. The van der Waals surface area contributed by atoms with Crippen LogP contribution in [0.4, 0.5) is 4.39 Å². The van der Waals surface area contributed by atoms with E-state index in [9.17, 15) is 18.8 Å². The van der Waals surface area contributed by atoms with Gasteiger partial charge in [-0.05, 0) is 62.1 Å². The molecule has 35 heavy (non-hydrogen) atoms. The molecule has 0 saturated carbocycles. The van der Waals surface area contributed by atoms with E-state index >= 15 is 0 Å². The lowest BCUT2D eigenvalue weighted by molar-refractivity contribution is -0.164. The van der Waals surface area contributed by atoms with Crippen LogP contribution in [-0.2, 0) is 19.1 Å². The molecule has 2 aromatic carbocycles. The van der Waals surface area contributed by atoms with Crippen molar-refractivity contribution in [3.8, 4) is 16.9 Å². The Balaban J connectivity index is 1.66. The standard InChI is InChI=1S/C27H29FN2O5/c1-4-29-24(31)21-22(25(29)32)27(26(33)35-3)13-5-6-14-30(27)23(21)17-9-12-19(20(15-17)34-2)16-7-10-18(28)11-8-16/h7-12,15,21-23H,4-6,13-14H2,1-3H3/t21-,22-,23+,27-/m0/s1. The summed E-state index contributed by atoms with van der Waals surface area (Å²) in [6, 6.07) is 11.4. The molecule has 2 aromatic rings. The molecule has 3 heterocycles. The number of piperidine rings is 1. The minimum atomic E-state index is -1.16. The molecular weight excluding hydrogens is 451 g/mol. The molecule has 0 spiro atoms. The van der Waals surface area contributed by atoms with E-state index in [4.69, 9.17) is 9.47 Å². The van der Waals surface area contributed by atoms with Crippen LogP contribution in [0.1, 0.15) is 37.8 Å². The summed E-state index contributed by atoms with van der Waals surface area (Å²) < 4.78 is 24.4. The highest BCUT2D eigenvalue weighted by Crippen LogP contribution is 2.58. The molecule has 7 nitrogen and oxygen atoms in total. The molecule has 0 radical (unpaired) electrons. The van der Waals surface area contributed by atoms with Crippen molar-refractivity contribution in [2.75, 3.05) is 27.3 Å². The lowest BCUT2D eigenvalue weighted by atomic mass is 9.75. The van der Waals surface area contributed by atoms with Gasteiger partial charge in [-0.1, -0.05) is 24.3 Å². The van der Waals surface area contributed by atoms with E-state index in [1.807, 2.05) is 23.1 Å². The van der Waals surface area contributed by atoms with Crippen LogP contribution in [0.2, 0.25) is 0 Å². The van der Waals surface area contributed by atoms with Gasteiger partial charge < -0.3 is 9.47 Å². The van der Waals surface area contributed by atoms with E-state index < -0.39 is 29.4 Å². The molecule has 3 fully saturated rings. The van der Waals surface area contributed by atoms with Crippen LogP contribution in [0.3, 0.4) is 0 Å². The van der Waals surface area contributed by atoms with Crippen LogP contribution in [0.25, 0.3) is 11.1 Å². The molecule has 3 saturated heterocycles. The van der Waals surface area contributed by atoms with Crippen molar-refractivity contribution in [1.29, 1.82) is 0 Å². The molecule has 3 aliphatic rings. The van der Waals surface area contributed by atoms with Gasteiger partial charge in [-0.3, -0.25) is 24.2 Å². The molecule has 4 atom stereocenters. The van der Waals surface area contributed by atoms with Crippen LogP contribution in [-0.4, -0.2) is 60.4 Å². The van der Waals surface area contributed by atoms with Crippen molar-refractivity contribution in [3.63, 3.8) is 0 Å². The fraction of sp³-hybridized carbons (Fsp3) is 0.444. The molecule has 184 valence electrons. The number of likely N-dealkylation sites (tertiary alicyclic amines) is 1. The van der Waals surface area contributed by atoms with Crippen LogP contribution >= 0.6 is 0 Å². The highest BCUT2D eigenvalue weighted by molar-refractivity contribution is 6.09. The summed E-state index contributed by atoms with van der Waals surface area (Å²) in [6.45, 7) is 2.62. The molecule has 0 bridgehead atoms. The number of carbonyl (C=O) groups excluding carboxylic acids is 3. The second-order valence-corrected chi connectivity index (χ2v) is 9.40. The molecule has 3 aliphatic heterocycles. The number of esters is 1. The second-order valence-electron chi connectivity index (χ2n) is 9.40. The normalized spacial score (nSPS) is 28.1. The monoisotopic (exact) mass is 480 g/mol. The highest BCUT2D eigenvalue weighted by atomic mass is 19.1. The summed E-state index contributed by atoms with van der Waals surface area (Å²) in [5.74, 6) is -2.21. The Labute approximate surface area is 203 Å². The summed E-state index contributed by atoms with van der Waals surface area (Å²) in [4.78, 5) is 43.7. The molecule has 0 aliphatic carbocycles. The summed E-state index contributed by atoms with van der Waals surface area (Å²) in [5.41, 5.74) is 1.22. The van der Waals surface area contributed by atoms with Crippen molar-refractivity contribution in [2.24, 2.45) is 11.8 Å². The van der Waals surface area contributed by atoms with Crippen molar-refractivity contribution in [3.05, 3.63) is 53.8 Å². The van der Waals surface area contributed by atoms with Crippen molar-refractivity contribution in [2.45, 2.75) is 37.8 Å². The predicted molar refractivity (Wildman–Crippen MR) is 126 cm³/mol. The number of fused-ring (bicyclic) bond motifs is 3. The van der Waals surface area contributed by atoms with E-state index in [-0.39, 0.29) is 24.2 Å². The summed E-state index contributed by atoms with van der Waals surface area (Å²) in [5, 5.41) is 0. The molecule has 0 N–H and O–H groups in total. The number of benzene rings is 2.